The van der Waals surface area contributed by atoms with Gasteiger partial charge in [0.15, 0.2) is 0 Å². The van der Waals surface area contributed by atoms with Gasteiger partial charge in [-0.1, -0.05) is 12.1 Å². The summed E-state index contributed by atoms with van der Waals surface area (Å²) in [5.74, 6) is -0.575. The molecule has 0 bridgehead atoms. The zero-order chi connectivity index (χ0) is 15.2. The van der Waals surface area contributed by atoms with Crippen LogP contribution < -0.4 is 4.74 Å². The molecular weight excluding hydrogens is 270 g/mol. The number of benzene rings is 1. The highest BCUT2D eigenvalue weighted by molar-refractivity contribution is 5.90. The second kappa shape index (κ2) is 6.90. The number of hydrogen-bond acceptors (Lipinski definition) is 4. The SMILES string of the molecule is CN(CCOc1ccccc1C(=O)O)Cc1cnn(C)c1. The molecule has 112 valence electrons. The van der Waals surface area contributed by atoms with Crippen LogP contribution in [0, 0.1) is 0 Å². The van der Waals surface area contributed by atoms with Crippen molar-refractivity contribution >= 4 is 5.97 Å². The molecule has 6 nitrogen and oxygen atoms in total. The molecule has 0 aliphatic rings. The molecule has 0 radical (unpaired) electrons. The van der Waals surface area contributed by atoms with Crippen molar-refractivity contribution in [2.24, 2.45) is 7.05 Å². The van der Waals surface area contributed by atoms with Gasteiger partial charge in [0.2, 0.25) is 0 Å². The molecule has 0 atom stereocenters. The molecule has 0 aliphatic heterocycles. The number of ether oxygens (including phenoxy) is 1. The fourth-order valence-electron chi connectivity index (χ4n) is 2.02. The van der Waals surface area contributed by atoms with Crippen LogP contribution in [0.5, 0.6) is 5.75 Å². The van der Waals surface area contributed by atoms with E-state index in [0.29, 0.717) is 18.9 Å². The number of aromatic nitrogens is 2. The van der Waals surface area contributed by atoms with Crippen molar-refractivity contribution in [1.29, 1.82) is 0 Å². The molecule has 0 aliphatic carbocycles. The molecular formula is C15H19N3O3. The van der Waals surface area contributed by atoms with Crippen molar-refractivity contribution in [1.82, 2.24) is 14.7 Å². The van der Waals surface area contributed by atoms with Crippen LogP contribution in [0.25, 0.3) is 0 Å². The summed E-state index contributed by atoms with van der Waals surface area (Å²) in [6.07, 6.45) is 3.80. The number of carboxylic acid groups (broad SMARTS) is 1. The van der Waals surface area contributed by atoms with Gasteiger partial charge in [-0.2, -0.15) is 5.10 Å². The molecule has 1 N–H and O–H groups in total. The number of nitrogens with zero attached hydrogens (tertiary/aromatic N) is 3. The highest BCUT2D eigenvalue weighted by Gasteiger charge is 2.10. The first-order valence-electron chi connectivity index (χ1n) is 6.67. The van der Waals surface area contributed by atoms with Crippen LogP contribution in [0.4, 0.5) is 0 Å². The van der Waals surface area contributed by atoms with Crippen molar-refractivity contribution in [3.63, 3.8) is 0 Å². The Balaban J connectivity index is 1.83. The van der Waals surface area contributed by atoms with Crippen molar-refractivity contribution < 1.29 is 14.6 Å². The third-order valence-electron chi connectivity index (χ3n) is 3.06. The molecule has 6 heteroatoms. The Morgan fingerprint density at radius 3 is 2.86 bits per heavy atom. The van der Waals surface area contributed by atoms with Gasteiger partial charge in [0.1, 0.15) is 17.9 Å². The van der Waals surface area contributed by atoms with Gasteiger partial charge in [-0.25, -0.2) is 4.79 Å². The summed E-state index contributed by atoms with van der Waals surface area (Å²) in [7, 11) is 3.87. The Morgan fingerprint density at radius 2 is 2.19 bits per heavy atom. The molecule has 2 aromatic rings. The monoisotopic (exact) mass is 289 g/mol. The van der Waals surface area contributed by atoms with E-state index in [-0.39, 0.29) is 5.56 Å². The van der Waals surface area contributed by atoms with Gasteiger partial charge in [0.05, 0.1) is 6.20 Å². The van der Waals surface area contributed by atoms with E-state index in [0.717, 1.165) is 12.1 Å². The second-order valence-electron chi connectivity index (χ2n) is 4.91. The lowest BCUT2D eigenvalue weighted by Crippen LogP contribution is -2.24. The number of carbonyl (C=O) groups is 1. The average Bonchev–Trinajstić information content (AvgIpc) is 2.84. The molecule has 0 saturated carbocycles. The third-order valence-corrected chi connectivity index (χ3v) is 3.06. The van der Waals surface area contributed by atoms with E-state index in [1.165, 1.54) is 6.07 Å². The maximum atomic E-state index is 11.1. The van der Waals surface area contributed by atoms with Crippen LogP contribution in [0.1, 0.15) is 15.9 Å². The molecule has 2 rings (SSSR count). The van der Waals surface area contributed by atoms with E-state index >= 15 is 0 Å². The minimum absolute atomic E-state index is 0.187. The third kappa shape index (κ3) is 4.32. The molecule has 0 spiro atoms. The smallest absolute Gasteiger partial charge is 0.339 e. The predicted molar refractivity (Wildman–Crippen MR) is 78.4 cm³/mol. The Morgan fingerprint density at radius 1 is 1.43 bits per heavy atom. The zero-order valence-corrected chi connectivity index (χ0v) is 12.2. The summed E-state index contributed by atoms with van der Waals surface area (Å²) in [5, 5.41) is 13.2. The van der Waals surface area contributed by atoms with E-state index in [1.807, 2.05) is 26.5 Å². The van der Waals surface area contributed by atoms with Crippen molar-refractivity contribution in [3.8, 4) is 5.75 Å². The second-order valence-corrected chi connectivity index (χ2v) is 4.91. The largest absolute Gasteiger partial charge is 0.491 e. The molecule has 0 saturated heterocycles. The number of hydrogen-bond donors (Lipinski definition) is 1. The van der Waals surface area contributed by atoms with Crippen molar-refractivity contribution in [3.05, 3.63) is 47.8 Å². The first-order valence-corrected chi connectivity index (χ1v) is 6.67. The Hall–Kier alpha value is -2.34. The fraction of sp³-hybridized carbons (Fsp3) is 0.333. The number of carboxylic acids is 1. The van der Waals surface area contributed by atoms with E-state index in [9.17, 15) is 4.79 Å². The minimum atomic E-state index is -0.977. The van der Waals surface area contributed by atoms with Crippen LogP contribution in [0.3, 0.4) is 0 Å². The molecule has 1 aromatic heterocycles. The van der Waals surface area contributed by atoms with Gasteiger partial charge in [-0.3, -0.25) is 9.58 Å². The van der Waals surface area contributed by atoms with E-state index < -0.39 is 5.97 Å². The number of rotatable bonds is 7. The van der Waals surface area contributed by atoms with Gasteiger partial charge in [0, 0.05) is 31.9 Å². The van der Waals surface area contributed by atoms with Gasteiger partial charge < -0.3 is 9.84 Å². The molecule has 0 fully saturated rings. The normalized spacial score (nSPS) is 10.8. The Bertz CT molecular complexity index is 610. The number of aromatic carboxylic acids is 1. The van der Waals surface area contributed by atoms with Crippen molar-refractivity contribution in [2.75, 3.05) is 20.2 Å². The van der Waals surface area contributed by atoms with Gasteiger partial charge in [-0.15, -0.1) is 0 Å². The lowest BCUT2D eigenvalue weighted by molar-refractivity contribution is 0.0691. The van der Waals surface area contributed by atoms with Crippen LogP contribution in [-0.2, 0) is 13.6 Å². The quantitative estimate of drug-likeness (QED) is 0.839. The first kappa shape index (κ1) is 15.1. The number of para-hydroxylation sites is 1. The molecule has 1 aromatic carbocycles. The van der Waals surface area contributed by atoms with E-state index in [2.05, 4.69) is 10.00 Å². The standard InChI is InChI=1S/C15H19N3O3/c1-17(10-12-9-16-18(2)11-12)7-8-21-14-6-4-3-5-13(14)15(19)20/h3-6,9,11H,7-8,10H2,1-2H3,(H,19,20). The summed E-state index contributed by atoms with van der Waals surface area (Å²) in [5.41, 5.74) is 1.32. The van der Waals surface area contributed by atoms with Gasteiger partial charge in [0.25, 0.3) is 0 Å². The Kier molecular flexibility index (Phi) is 4.94. The summed E-state index contributed by atoms with van der Waals surface area (Å²) in [6, 6.07) is 6.66. The first-order chi connectivity index (χ1) is 10.1. The van der Waals surface area contributed by atoms with E-state index in [1.54, 1.807) is 22.9 Å². The average molecular weight is 289 g/mol. The molecule has 0 amide bonds. The van der Waals surface area contributed by atoms with Crippen molar-refractivity contribution in [2.45, 2.75) is 6.54 Å². The minimum Gasteiger partial charge on any atom is -0.491 e. The maximum absolute atomic E-state index is 11.1. The van der Waals surface area contributed by atoms with Gasteiger partial charge in [-0.05, 0) is 19.2 Å². The lowest BCUT2D eigenvalue weighted by Gasteiger charge is -2.16. The number of likely N-dealkylation sites (N-methyl/N-ethyl adjacent to an activating group) is 1. The van der Waals surface area contributed by atoms with Gasteiger partial charge >= 0.3 is 5.97 Å². The summed E-state index contributed by atoms with van der Waals surface area (Å²) in [6.45, 7) is 1.90. The highest BCUT2D eigenvalue weighted by atomic mass is 16.5. The van der Waals surface area contributed by atoms with Crippen LogP contribution in [-0.4, -0.2) is 46.0 Å². The summed E-state index contributed by atoms with van der Waals surface area (Å²) >= 11 is 0. The van der Waals surface area contributed by atoms with Crippen LogP contribution >= 0.6 is 0 Å². The molecule has 21 heavy (non-hydrogen) atoms. The Labute approximate surface area is 123 Å². The van der Waals surface area contributed by atoms with Crippen LogP contribution in [0.15, 0.2) is 36.7 Å². The summed E-state index contributed by atoms with van der Waals surface area (Å²) < 4.78 is 7.34. The topological polar surface area (TPSA) is 67.6 Å². The van der Waals surface area contributed by atoms with Crippen LogP contribution in [0.2, 0.25) is 0 Å². The number of aryl methyl sites for hydroxylation is 1. The molecule has 0 unspecified atom stereocenters. The van der Waals surface area contributed by atoms with E-state index in [4.69, 9.17) is 9.84 Å². The predicted octanol–water partition coefficient (Wildman–Crippen LogP) is 1.63. The fourth-order valence-corrected chi connectivity index (χ4v) is 2.02. The summed E-state index contributed by atoms with van der Waals surface area (Å²) in [4.78, 5) is 13.2. The zero-order valence-electron chi connectivity index (χ0n) is 12.2. The maximum Gasteiger partial charge on any atom is 0.339 e. The molecule has 1 heterocycles. The highest BCUT2D eigenvalue weighted by Crippen LogP contribution is 2.17. The lowest BCUT2D eigenvalue weighted by atomic mass is 10.2.